The Bertz CT molecular complexity index is 2630. The minimum absolute atomic E-state index is 0.0880. The molecule has 1 N–H and O–H groups in total. The molecule has 3 aromatic heterocycles. The molecule has 2 aliphatic rings. The van der Waals surface area contributed by atoms with Crippen LogP contribution < -0.4 is 5.32 Å². The van der Waals surface area contributed by atoms with Crippen molar-refractivity contribution in [1.82, 2.24) is 20.3 Å². The first kappa shape index (κ1) is 30.9. The Hall–Kier alpha value is -6.91. The Morgan fingerprint density at radius 2 is 1.28 bits per heavy atom. The molecule has 0 spiro atoms. The van der Waals surface area contributed by atoms with Crippen molar-refractivity contribution in [3.63, 3.8) is 0 Å². The molecule has 4 heterocycles. The highest BCUT2D eigenvalue weighted by Gasteiger charge is 2.47. The van der Waals surface area contributed by atoms with Crippen LogP contribution in [0.2, 0.25) is 0 Å². The van der Waals surface area contributed by atoms with E-state index in [1.165, 1.54) is 49.7 Å². The number of hydrogen-bond donors (Lipinski definition) is 1. The van der Waals surface area contributed by atoms with E-state index in [2.05, 4.69) is 161 Å². The van der Waals surface area contributed by atoms with Gasteiger partial charge in [0.25, 0.3) is 0 Å². The molecule has 5 aromatic carbocycles. The largest absolute Gasteiger partial charge is 0.380 e. The lowest BCUT2D eigenvalue weighted by Crippen LogP contribution is -2.29. The van der Waals surface area contributed by atoms with Crippen molar-refractivity contribution < 1.29 is 0 Å². The van der Waals surface area contributed by atoms with Gasteiger partial charge >= 0.3 is 0 Å². The first-order chi connectivity index (χ1) is 26.3. The van der Waals surface area contributed by atoms with E-state index in [9.17, 15) is 0 Å². The van der Waals surface area contributed by atoms with Gasteiger partial charge in [-0.15, -0.1) is 0 Å². The molecule has 1 unspecified atom stereocenters. The minimum atomic E-state index is -0.540. The summed E-state index contributed by atoms with van der Waals surface area (Å²) >= 11 is 0. The number of nitrogens with zero attached hydrogens (tertiary/aromatic N) is 3. The molecule has 53 heavy (non-hydrogen) atoms. The van der Waals surface area contributed by atoms with E-state index in [1.807, 2.05) is 43.0 Å². The van der Waals surface area contributed by atoms with Crippen molar-refractivity contribution in [3.05, 3.63) is 228 Å². The molecule has 10 rings (SSSR count). The van der Waals surface area contributed by atoms with Crippen LogP contribution >= 0.6 is 0 Å². The highest BCUT2D eigenvalue weighted by molar-refractivity contribution is 6.02. The van der Waals surface area contributed by atoms with Crippen molar-refractivity contribution in [2.24, 2.45) is 0 Å². The molecule has 1 atom stereocenters. The SMILES string of the molecule is C1=CC(c2cccnc2)NC=C1c1ccc2c(c1)C(c1ccccc1)(c1ccccc1)c1c-2ccc2cc(-c3ccc(-c4cccnc4)nc3)ccc12. The standard InChI is InChI=1S/C49H34N4/c1-3-11-40(12-4-1)49(41-13-5-2-6-14-41)45-28-34(37-19-24-47(53-32-37)39-10-8-26-51-30-39)16-21-43(45)44-22-17-35-27-33(15-20-42(35)48(44)49)36-18-23-46(52-31-36)38-9-7-25-50-29-38/h1-32,47,53H. The molecule has 1 aliphatic heterocycles. The van der Waals surface area contributed by atoms with E-state index in [1.54, 1.807) is 6.20 Å². The highest BCUT2D eigenvalue weighted by Crippen LogP contribution is 2.58. The molecule has 8 aromatic rings. The van der Waals surface area contributed by atoms with Gasteiger partial charge in [0.2, 0.25) is 0 Å². The zero-order valence-corrected chi connectivity index (χ0v) is 28.9. The Morgan fingerprint density at radius 3 is 1.96 bits per heavy atom. The Kier molecular flexibility index (Phi) is 7.40. The van der Waals surface area contributed by atoms with Crippen LogP contribution in [0, 0.1) is 0 Å². The number of allylic oxidation sites excluding steroid dienone is 2. The number of rotatable bonds is 6. The molecule has 0 radical (unpaired) electrons. The van der Waals surface area contributed by atoms with Gasteiger partial charge in [-0.3, -0.25) is 15.0 Å². The summed E-state index contributed by atoms with van der Waals surface area (Å²) in [6.45, 7) is 0. The number of aromatic nitrogens is 3. The fourth-order valence-corrected chi connectivity index (χ4v) is 8.36. The molecule has 4 nitrogen and oxygen atoms in total. The fraction of sp³-hybridized carbons (Fsp3) is 0.0408. The van der Waals surface area contributed by atoms with Gasteiger partial charge in [-0.1, -0.05) is 121 Å². The molecule has 250 valence electrons. The Balaban J connectivity index is 1.14. The molecule has 1 aliphatic carbocycles. The number of pyridine rings is 3. The van der Waals surface area contributed by atoms with Gasteiger partial charge in [-0.2, -0.15) is 0 Å². The van der Waals surface area contributed by atoms with Crippen LogP contribution in [0.1, 0.15) is 39.4 Å². The average molecular weight is 679 g/mol. The number of fused-ring (bicyclic) bond motifs is 5. The third kappa shape index (κ3) is 5.10. The van der Waals surface area contributed by atoms with Crippen molar-refractivity contribution in [2.45, 2.75) is 11.5 Å². The summed E-state index contributed by atoms with van der Waals surface area (Å²) in [4.78, 5) is 13.4. The number of dihydropyridines is 1. The smallest absolute Gasteiger partial charge is 0.0719 e. The number of nitrogens with one attached hydrogen (secondary N) is 1. The molecular weight excluding hydrogens is 645 g/mol. The Morgan fingerprint density at radius 1 is 0.547 bits per heavy atom. The first-order valence-corrected chi connectivity index (χ1v) is 18.0. The van der Waals surface area contributed by atoms with Crippen molar-refractivity contribution in [2.75, 3.05) is 0 Å². The van der Waals surface area contributed by atoms with E-state index in [0.717, 1.165) is 33.5 Å². The van der Waals surface area contributed by atoms with Crippen LogP contribution in [0.4, 0.5) is 0 Å². The summed E-state index contributed by atoms with van der Waals surface area (Å²) in [5.74, 6) is 0. The zero-order chi connectivity index (χ0) is 35.2. The lowest BCUT2D eigenvalue weighted by atomic mass is 9.66. The quantitative estimate of drug-likeness (QED) is 0.190. The molecule has 0 saturated heterocycles. The summed E-state index contributed by atoms with van der Waals surface area (Å²) in [5, 5.41) is 6.06. The molecule has 0 amide bonds. The summed E-state index contributed by atoms with van der Waals surface area (Å²) in [6.07, 6.45) is 15.9. The van der Waals surface area contributed by atoms with Crippen LogP contribution in [0.5, 0.6) is 0 Å². The van der Waals surface area contributed by atoms with Gasteiger partial charge in [-0.25, -0.2) is 0 Å². The average Bonchev–Trinajstić information content (AvgIpc) is 3.56. The summed E-state index contributed by atoms with van der Waals surface area (Å²) in [6, 6.07) is 53.0. The zero-order valence-electron chi connectivity index (χ0n) is 28.9. The van der Waals surface area contributed by atoms with E-state index < -0.39 is 5.41 Å². The normalized spacial score (nSPS) is 15.3. The minimum Gasteiger partial charge on any atom is -0.380 e. The van der Waals surface area contributed by atoms with Gasteiger partial charge in [0.15, 0.2) is 0 Å². The molecular formula is C49H34N4. The number of benzene rings is 5. The Labute approximate surface area is 308 Å². The molecule has 0 saturated carbocycles. The highest BCUT2D eigenvalue weighted by atomic mass is 14.9. The van der Waals surface area contributed by atoms with Gasteiger partial charge in [0, 0.05) is 48.3 Å². The van der Waals surface area contributed by atoms with E-state index in [0.29, 0.717) is 0 Å². The maximum absolute atomic E-state index is 4.80. The second kappa shape index (κ2) is 12.7. The fourth-order valence-electron chi connectivity index (χ4n) is 8.36. The lowest BCUT2D eigenvalue weighted by Gasteiger charge is -2.35. The van der Waals surface area contributed by atoms with Gasteiger partial charge in [-0.05, 0) is 103 Å². The predicted octanol–water partition coefficient (Wildman–Crippen LogP) is 11.0. The topological polar surface area (TPSA) is 50.7 Å². The maximum atomic E-state index is 4.80. The van der Waals surface area contributed by atoms with Crippen molar-refractivity contribution in [3.8, 4) is 33.5 Å². The van der Waals surface area contributed by atoms with Crippen LogP contribution in [0.15, 0.2) is 195 Å². The van der Waals surface area contributed by atoms with Crippen LogP contribution in [-0.2, 0) is 5.41 Å². The van der Waals surface area contributed by atoms with E-state index in [4.69, 9.17) is 4.98 Å². The maximum Gasteiger partial charge on any atom is 0.0719 e. The van der Waals surface area contributed by atoms with Crippen LogP contribution in [0.25, 0.3) is 49.9 Å². The summed E-state index contributed by atoms with van der Waals surface area (Å²) < 4.78 is 0. The van der Waals surface area contributed by atoms with E-state index in [-0.39, 0.29) is 6.04 Å². The predicted molar refractivity (Wildman–Crippen MR) is 215 cm³/mol. The van der Waals surface area contributed by atoms with Crippen molar-refractivity contribution in [1.29, 1.82) is 0 Å². The molecule has 0 fully saturated rings. The van der Waals surface area contributed by atoms with Crippen LogP contribution in [-0.4, -0.2) is 15.0 Å². The third-order valence-corrected chi connectivity index (χ3v) is 10.8. The monoisotopic (exact) mass is 678 g/mol. The lowest BCUT2D eigenvalue weighted by molar-refractivity contribution is 0.745. The van der Waals surface area contributed by atoms with Crippen molar-refractivity contribution >= 4 is 16.3 Å². The van der Waals surface area contributed by atoms with Crippen LogP contribution in [0.3, 0.4) is 0 Å². The first-order valence-electron chi connectivity index (χ1n) is 18.0. The third-order valence-electron chi connectivity index (χ3n) is 10.8. The summed E-state index contributed by atoms with van der Waals surface area (Å²) in [7, 11) is 0. The van der Waals surface area contributed by atoms with Gasteiger partial charge in [0.05, 0.1) is 17.2 Å². The van der Waals surface area contributed by atoms with E-state index >= 15 is 0 Å². The second-order valence-corrected chi connectivity index (χ2v) is 13.7. The van der Waals surface area contributed by atoms with Gasteiger partial charge in [0.1, 0.15) is 0 Å². The number of hydrogen-bond acceptors (Lipinski definition) is 4. The molecule has 4 heteroatoms. The molecule has 0 bridgehead atoms. The second-order valence-electron chi connectivity index (χ2n) is 13.7. The van der Waals surface area contributed by atoms with Gasteiger partial charge < -0.3 is 5.32 Å². The summed E-state index contributed by atoms with van der Waals surface area (Å²) in [5.41, 5.74) is 14.7.